The van der Waals surface area contributed by atoms with E-state index in [0.717, 1.165) is 15.7 Å². The van der Waals surface area contributed by atoms with E-state index in [-0.39, 0.29) is 12.4 Å². The van der Waals surface area contributed by atoms with Crippen LogP contribution in [0.25, 0.3) is 11.4 Å². The van der Waals surface area contributed by atoms with Gasteiger partial charge in [0.05, 0.1) is 13.7 Å². The van der Waals surface area contributed by atoms with Gasteiger partial charge in [0.15, 0.2) is 11.5 Å². The molecular weight excluding hydrogens is 439 g/mol. The van der Waals surface area contributed by atoms with Crippen molar-refractivity contribution in [1.29, 1.82) is 0 Å². The number of aromatic amines is 1. The lowest BCUT2D eigenvalue weighted by atomic mass is 10.2. The molecule has 0 spiro atoms. The Morgan fingerprint density at radius 3 is 3.00 bits per heavy atom. The summed E-state index contributed by atoms with van der Waals surface area (Å²) in [6, 6.07) is 3.68. The van der Waals surface area contributed by atoms with Crippen LogP contribution < -0.4 is 15.0 Å². The summed E-state index contributed by atoms with van der Waals surface area (Å²) in [5, 5.41) is 0. The van der Waals surface area contributed by atoms with Crippen LogP contribution in [0.15, 0.2) is 21.4 Å². The van der Waals surface area contributed by atoms with E-state index in [1.807, 2.05) is 41.6 Å². The van der Waals surface area contributed by atoms with Gasteiger partial charge < -0.3 is 14.5 Å². The Morgan fingerprint density at radius 2 is 2.25 bits per heavy atom. The maximum absolute atomic E-state index is 11.9. The average Bonchev–Trinajstić information content (AvgIpc) is 2.90. The number of ether oxygens (including phenoxy) is 2. The van der Waals surface area contributed by atoms with Gasteiger partial charge in [0, 0.05) is 5.56 Å². The Morgan fingerprint density at radius 1 is 1.45 bits per heavy atom. The number of hydrogen-bond acceptors (Lipinski definition) is 4. The Labute approximate surface area is 137 Å². The minimum absolute atomic E-state index is 0.124. The molecule has 1 aromatic carbocycles. The first-order valence-electron chi connectivity index (χ1n) is 5.98. The predicted octanol–water partition coefficient (Wildman–Crippen LogP) is 3.10. The Balaban J connectivity index is 2.17. The molecule has 1 aliphatic rings. The molecule has 0 bridgehead atoms. The molecule has 1 aliphatic heterocycles. The quantitative estimate of drug-likeness (QED) is 0.717. The SMILES string of the molecule is CCc1nc(-c2cc(Br)c3c(c2)OCO3)[nH]c(=O)c1I. The lowest BCUT2D eigenvalue weighted by Crippen LogP contribution is -2.16. The van der Waals surface area contributed by atoms with Crippen molar-refractivity contribution in [3.05, 3.63) is 36.2 Å². The number of nitrogens with one attached hydrogen (secondary N) is 1. The molecule has 1 aromatic heterocycles. The highest BCUT2D eigenvalue weighted by atomic mass is 127. The van der Waals surface area contributed by atoms with E-state index in [1.165, 1.54) is 0 Å². The molecule has 0 saturated heterocycles. The van der Waals surface area contributed by atoms with Crippen LogP contribution in [-0.4, -0.2) is 16.8 Å². The van der Waals surface area contributed by atoms with Crippen LogP contribution >= 0.6 is 38.5 Å². The van der Waals surface area contributed by atoms with Gasteiger partial charge in [-0.15, -0.1) is 0 Å². The molecule has 2 heterocycles. The molecule has 1 N–H and O–H groups in total. The summed E-state index contributed by atoms with van der Waals surface area (Å²) in [4.78, 5) is 19.2. The molecule has 3 rings (SSSR count). The van der Waals surface area contributed by atoms with E-state index < -0.39 is 0 Å². The van der Waals surface area contributed by atoms with Crippen LogP contribution in [0.1, 0.15) is 12.6 Å². The molecule has 0 saturated carbocycles. The monoisotopic (exact) mass is 448 g/mol. The van der Waals surface area contributed by atoms with Gasteiger partial charge in [0.25, 0.3) is 5.56 Å². The van der Waals surface area contributed by atoms with Gasteiger partial charge in [0.2, 0.25) is 6.79 Å². The topological polar surface area (TPSA) is 64.2 Å². The van der Waals surface area contributed by atoms with Gasteiger partial charge in [-0.2, -0.15) is 0 Å². The summed E-state index contributed by atoms with van der Waals surface area (Å²) in [5.41, 5.74) is 1.45. The summed E-state index contributed by atoms with van der Waals surface area (Å²) >= 11 is 5.45. The van der Waals surface area contributed by atoms with Crippen molar-refractivity contribution >= 4 is 38.5 Å². The number of aryl methyl sites for hydroxylation is 1. The highest BCUT2D eigenvalue weighted by molar-refractivity contribution is 14.1. The third kappa shape index (κ3) is 2.32. The molecule has 104 valence electrons. The third-order valence-corrected chi connectivity index (χ3v) is 4.67. The summed E-state index contributed by atoms with van der Waals surface area (Å²) < 4.78 is 12.1. The first kappa shape index (κ1) is 13.9. The van der Waals surface area contributed by atoms with E-state index >= 15 is 0 Å². The third-order valence-electron chi connectivity index (χ3n) is 2.97. The largest absolute Gasteiger partial charge is 0.454 e. The summed E-state index contributed by atoms with van der Waals surface area (Å²) in [7, 11) is 0. The lowest BCUT2D eigenvalue weighted by molar-refractivity contribution is 0.173. The fourth-order valence-corrected chi connectivity index (χ4v) is 3.17. The maximum Gasteiger partial charge on any atom is 0.264 e. The van der Waals surface area contributed by atoms with Crippen LogP contribution in [0.4, 0.5) is 0 Å². The van der Waals surface area contributed by atoms with Crippen molar-refractivity contribution in [3.63, 3.8) is 0 Å². The molecular formula is C13H10BrIN2O3. The summed E-state index contributed by atoms with van der Waals surface area (Å²) in [6.45, 7) is 2.18. The summed E-state index contributed by atoms with van der Waals surface area (Å²) in [5.74, 6) is 1.86. The molecule has 7 heteroatoms. The van der Waals surface area contributed by atoms with E-state index in [9.17, 15) is 4.79 Å². The Hall–Kier alpha value is -1.09. The second-order valence-corrected chi connectivity index (χ2v) is 6.15. The van der Waals surface area contributed by atoms with Crippen molar-refractivity contribution in [2.75, 3.05) is 6.79 Å². The number of rotatable bonds is 2. The van der Waals surface area contributed by atoms with Crippen molar-refractivity contribution in [2.45, 2.75) is 13.3 Å². The minimum atomic E-state index is -0.124. The van der Waals surface area contributed by atoms with Gasteiger partial charge in [0.1, 0.15) is 5.82 Å². The van der Waals surface area contributed by atoms with Gasteiger partial charge in [-0.3, -0.25) is 4.79 Å². The van der Waals surface area contributed by atoms with Gasteiger partial charge >= 0.3 is 0 Å². The zero-order valence-electron chi connectivity index (χ0n) is 10.5. The van der Waals surface area contributed by atoms with Crippen molar-refractivity contribution in [3.8, 4) is 22.9 Å². The molecule has 5 nitrogen and oxygen atoms in total. The van der Waals surface area contributed by atoms with Crippen LogP contribution in [0.3, 0.4) is 0 Å². The van der Waals surface area contributed by atoms with Crippen molar-refractivity contribution in [1.82, 2.24) is 9.97 Å². The van der Waals surface area contributed by atoms with Crippen LogP contribution in [0.5, 0.6) is 11.5 Å². The number of H-pyrrole nitrogens is 1. The summed E-state index contributed by atoms with van der Waals surface area (Å²) in [6.07, 6.45) is 0.709. The standard InChI is InChI=1S/C13H10BrIN2O3/c1-2-8-10(15)13(18)17-12(16-8)6-3-7(14)11-9(4-6)19-5-20-11/h3-4H,2,5H2,1H3,(H,16,17,18). The first-order valence-corrected chi connectivity index (χ1v) is 7.85. The van der Waals surface area contributed by atoms with Gasteiger partial charge in [-0.1, -0.05) is 6.92 Å². The lowest BCUT2D eigenvalue weighted by Gasteiger charge is -2.07. The Kier molecular flexibility index (Phi) is 3.72. The minimum Gasteiger partial charge on any atom is -0.454 e. The van der Waals surface area contributed by atoms with Crippen molar-refractivity contribution in [2.24, 2.45) is 0 Å². The highest BCUT2D eigenvalue weighted by Gasteiger charge is 2.19. The molecule has 0 aliphatic carbocycles. The molecule has 20 heavy (non-hydrogen) atoms. The molecule has 0 amide bonds. The number of aromatic nitrogens is 2. The molecule has 0 atom stereocenters. The van der Waals surface area contributed by atoms with E-state index in [2.05, 4.69) is 25.9 Å². The zero-order valence-corrected chi connectivity index (χ0v) is 14.2. The molecule has 0 fully saturated rings. The predicted molar refractivity (Wildman–Crippen MR) is 86.2 cm³/mol. The van der Waals surface area contributed by atoms with Gasteiger partial charge in [-0.25, -0.2) is 4.98 Å². The van der Waals surface area contributed by atoms with E-state index in [1.54, 1.807) is 0 Å². The second kappa shape index (κ2) is 5.36. The molecule has 0 radical (unpaired) electrons. The fraction of sp³-hybridized carbons (Fsp3) is 0.231. The highest BCUT2D eigenvalue weighted by Crippen LogP contribution is 2.41. The molecule has 2 aromatic rings. The van der Waals surface area contributed by atoms with Crippen LogP contribution in [-0.2, 0) is 6.42 Å². The zero-order chi connectivity index (χ0) is 14.3. The smallest absolute Gasteiger partial charge is 0.264 e. The maximum atomic E-state index is 11.9. The second-order valence-electron chi connectivity index (χ2n) is 4.22. The average molecular weight is 449 g/mol. The van der Waals surface area contributed by atoms with E-state index in [0.29, 0.717) is 27.3 Å². The number of halogens is 2. The number of nitrogens with zero attached hydrogens (tertiary/aromatic N) is 1. The number of benzene rings is 1. The van der Waals surface area contributed by atoms with Gasteiger partial charge in [-0.05, 0) is 57.1 Å². The number of fused-ring (bicyclic) bond motifs is 1. The number of hydrogen-bond donors (Lipinski definition) is 1. The van der Waals surface area contributed by atoms with E-state index in [4.69, 9.17) is 9.47 Å². The first-order chi connectivity index (χ1) is 9.60. The van der Waals surface area contributed by atoms with Crippen molar-refractivity contribution < 1.29 is 9.47 Å². The van der Waals surface area contributed by atoms with Crippen LogP contribution in [0, 0.1) is 3.57 Å². The molecule has 0 unspecified atom stereocenters. The Bertz CT molecular complexity index is 745. The van der Waals surface area contributed by atoms with Crippen LogP contribution in [0.2, 0.25) is 0 Å². The normalized spacial score (nSPS) is 12.8. The fourth-order valence-electron chi connectivity index (χ4n) is 1.98.